The highest BCUT2D eigenvalue weighted by Crippen LogP contribution is 2.22. The zero-order valence-corrected chi connectivity index (χ0v) is 12.2. The topological polar surface area (TPSA) is 38.3 Å². The van der Waals surface area contributed by atoms with Crippen LogP contribution >= 0.6 is 15.9 Å². The lowest BCUT2D eigenvalue weighted by molar-refractivity contribution is -0.145. The monoisotopic (exact) mass is 299 g/mol. The zero-order chi connectivity index (χ0) is 13.0. The summed E-state index contributed by atoms with van der Waals surface area (Å²) in [7, 11) is 1.41. The van der Waals surface area contributed by atoms with Gasteiger partial charge in [-0.3, -0.25) is 4.79 Å². The van der Waals surface area contributed by atoms with Gasteiger partial charge < -0.3 is 10.1 Å². The van der Waals surface area contributed by atoms with Crippen molar-refractivity contribution < 1.29 is 9.53 Å². The van der Waals surface area contributed by atoms with E-state index in [0.717, 1.165) is 15.7 Å². The smallest absolute Gasteiger partial charge is 0.310 e. The highest BCUT2D eigenvalue weighted by molar-refractivity contribution is 9.10. The van der Waals surface area contributed by atoms with Crippen molar-refractivity contribution in [3.63, 3.8) is 0 Å². The Morgan fingerprint density at radius 2 is 2.06 bits per heavy atom. The Labute approximate surface area is 111 Å². The molecule has 0 aliphatic heterocycles. The Hall–Kier alpha value is -1.03. The summed E-state index contributed by atoms with van der Waals surface area (Å²) in [4.78, 5) is 11.4. The first-order chi connectivity index (χ1) is 7.95. The first kappa shape index (κ1) is 14.0. The summed E-state index contributed by atoms with van der Waals surface area (Å²) in [6.45, 7) is 5.86. The van der Waals surface area contributed by atoms with Crippen LogP contribution in [0.5, 0.6) is 0 Å². The molecule has 0 radical (unpaired) electrons. The van der Waals surface area contributed by atoms with Crippen LogP contribution in [0.25, 0.3) is 0 Å². The second kappa shape index (κ2) is 6.05. The van der Waals surface area contributed by atoms with Crippen LogP contribution in [0.4, 0.5) is 5.69 Å². The minimum atomic E-state index is -0.195. The molecule has 4 heteroatoms. The summed E-state index contributed by atoms with van der Waals surface area (Å²) in [6.07, 6.45) is 0. The van der Waals surface area contributed by atoms with Crippen molar-refractivity contribution in [1.29, 1.82) is 0 Å². The molecule has 0 aliphatic rings. The molecule has 17 heavy (non-hydrogen) atoms. The van der Waals surface area contributed by atoms with Crippen LogP contribution in [0, 0.1) is 12.8 Å². The van der Waals surface area contributed by atoms with E-state index < -0.39 is 0 Å². The lowest BCUT2D eigenvalue weighted by atomic mass is 10.0. The van der Waals surface area contributed by atoms with E-state index >= 15 is 0 Å². The average molecular weight is 300 g/mol. The van der Waals surface area contributed by atoms with Gasteiger partial charge in [0.1, 0.15) is 0 Å². The van der Waals surface area contributed by atoms with Crippen molar-refractivity contribution in [3.05, 3.63) is 28.2 Å². The van der Waals surface area contributed by atoms with Gasteiger partial charge in [-0.1, -0.05) is 15.9 Å². The quantitative estimate of drug-likeness (QED) is 0.866. The van der Waals surface area contributed by atoms with Crippen LogP contribution in [0.1, 0.15) is 19.4 Å². The van der Waals surface area contributed by atoms with Crippen molar-refractivity contribution in [2.75, 3.05) is 12.4 Å². The number of methoxy groups -OCH3 is 1. The molecule has 0 saturated heterocycles. The van der Waals surface area contributed by atoms with Crippen LogP contribution in [-0.4, -0.2) is 19.1 Å². The Morgan fingerprint density at radius 1 is 1.41 bits per heavy atom. The number of anilines is 1. The minimum Gasteiger partial charge on any atom is -0.469 e. The van der Waals surface area contributed by atoms with Crippen molar-refractivity contribution in [2.24, 2.45) is 5.92 Å². The van der Waals surface area contributed by atoms with E-state index in [2.05, 4.69) is 21.2 Å². The van der Waals surface area contributed by atoms with Gasteiger partial charge in [0.15, 0.2) is 0 Å². The van der Waals surface area contributed by atoms with E-state index in [1.807, 2.05) is 39.0 Å². The number of carbonyl (C=O) groups excluding carboxylic acids is 1. The number of hydrogen-bond acceptors (Lipinski definition) is 3. The molecule has 0 amide bonds. The molecule has 0 bridgehead atoms. The van der Waals surface area contributed by atoms with E-state index in [1.54, 1.807) is 0 Å². The number of aryl methyl sites for hydroxylation is 1. The lowest BCUT2D eigenvalue weighted by Gasteiger charge is -2.21. The number of benzene rings is 1. The number of ether oxygens (including phenoxy) is 1. The van der Waals surface area contributed by atoms with Gasteiger partial charge in [0, 0.05) is 16.2 Å². The van der Waals surface area contributed by atoms with Crippen LogP contribution in [0.2, 0.25) is 0 Å². The highest BCUT2D eigenvalue weighted by Gasteiger charge is 2.20. The average Bonchev–Trinajstić information content (AvgIpc) is 2.30. The molecule has 0 fully saturated rings. The number of esters is 1. The summed E-state index contributed by atoms with van der Waals surface area (Å²) in [6, 6.07) is 6.05. The van der Waals surface area contributed by atoms with Gasteiger partial charge in [-0.2, -0.15) is 0 Å². The van der Waals surface area contributed by atoms with Gasteiger partial charge in [-0.15, -0.1) is 0 Å². The number of halogens is 1. The molecule has 94 valence electrons. The third-order valence-corrected chi connectivity index (χ3v) is 3.39. The van der Waals surface area contributed by atoms with Crippen molar-refractivity contribution in [3.8, 4) is 0 Å². The fraction of sp³-hybridized carbons (Fsp3) is 0.462. The summed E-state index contributed by atoms with van der Waals surface area (Å²) in [5.41, 5.74) is 2.18. The third kappa shape index (κ3) is 3.73. The molecule has 0 aliphatic carbocycles. The summed E-state index contributed by atoms with van der Waals surface area (Å²) in [5, 5.41) is 3.33. The normalized spacial score (nSPS) is 13.9. The predicted octanol–water partition coefficient (Wildman–Crippen LogP) is 3.37. The maximum atomic E-state index is 11.4. The molecule has 1 aromatic rings. The van der Waals surface area contributed by atoms with Crippen molar-refractivity contribution in [2.45, 2.75) is 26.8 Å². The molecule has 1 aromatic carbocycles. The first-order valence-corrected chi connectivity index (χ1v) is 6.35. The van der Waals surface area contributed by atoms with Crippen LogP contribution in [-0.2, 0) is 9.53 Å². The van der Waals surface area contributed by atoms with E-state index in [9.17, 15) is 4.79 Å². The first-order valence-electron chi connectivity index (χ1n) is 5.56. The number of carbonyl (C=O) groups is 1. The van der Waals surface area contributed by atoms with Crippen molar-refractivity contribution in [1.82, 2.24) is 0 Å². The molecule has 1 rings (SSSR count). The van der Waals surface area contributed by atoms with Gasteiger partial charge in [0.2, 0.25) is 0 Å². The maximum Gasteiger partial charge on any atom is 0.310 e. The van der Waals surface area contributed by atoms with Gasteiger partial charge in [0.05, 0.1) is 13.0 Å². The number of nitrogens with one attached hydrogen (secondary N) is 1. The predicted molar refractivity (Wildman–Crippen MR) is 73.1 cm³/mol. The second-order valence-corrected chi connectivity index (χ2v) is 5.12. The van der Waals surface area contributed by atoms with E-state index in [1.165, 1.54) is 7.11 Å². The highest BCUT2D eigenvalue weighted by atomic mass is 79.9. The second-order valence-electron chi connectivity index (χ2n) is 4.20. The maximum absolute atomic E-state index is 11.4. The Kier molecular flexibility index (Phi) is 5.00. The Morgan fingerprint density at radius 3 is 2.59 bits per heavy atom. The molecule has 0 aromatic heterocycles. The van der Waals surface area contributed by atoms with Crippen LogP contribution < -0.4 is 5.32 Å². The van der Waals surface area contributed by atoms with Gasteiger partial charge in [0.25, 0.3) is 0 Å². The molecule has 0 heterocycles. The third-order valence-electron chi connectivity index (χ3n) is 2.89. The van der Waals surface area contributed by atoms with Gasteiger partial charge >= 0.3 is 5.97 Å². The van der Waals surface area contributed by atoms with Crippen LogP contribution in [0.3, 0.4) is 0 Å². The van der Waals surface area contributed by atoms with E-state index in [4.69, 9.17) is 4.74 Å². The fourth-order valence-electron chi connectivity index (χ4n) is 1.55. The number of hydrogen-bond donors (Lipinski definition) is 1. The van der Waals surface area contributed by atoms with Gasteiger partial charge in [-0.05, 0) is 44.5 Å². The lowest BCUT2D eigenvalue weighted by Crippen LogP contribution is -2.30. The minimum absolute atomic E-state index is 0.0299. The molecule has 1 N–H and O–H groups in total. The largest absolute Gasteiger partial charge is 0.469 e. The fourth-order valence-corrected chi connectivity index (χ4v) is 2.02. The zero-order valence-electron chi connectivity index (χ0n) is 10.6. The molecular weight excluding hydrogens is 282 g/mol. The molecular formula is C13H18BrNO2. The van der Waals surface area contributed by atoms with Crippen molar-refractivity contribution >= 4 is 27.6 Å². The molecule has 0 spiro atoms. The summed E-state index contributed by atoms with van der Waals surface area (Å²) < 4.78 is 5.78. The van der Waals surface area contributed by atoms with Gasteiger partial charge in [-0.25, -0.2) is 0 Å². The summed E-state index contributed by atoms with van der Waals surface area (Å²) in [5.74, 6) is -0.372. The number of rotatable bonds is 4. The Balaban J connectivity index is 2.74. The van der Waals surface area contributed by atoms with E-state index in [-0.39, 0.29) is 17.9 Å². The Bertz CT molecular complexity index is 406. The molecule has 2 unspecified atom stereocenters. The molecule has 2 atom stereocenters. The summed E-state index contributed by atoms with van der Waals surface area (Å²) >= 11 is 3.42. The molecule has 3 nitrogen and oxygen atoms in total. The van der Waals surface area contributed by atoms with Crippen LogP contribution in [0.15, 0.2) is 22.7 Å². The van der Waals surface area contributed by atoms with E-state index in [0.29, 0.717) is 0 Å². The standard InChI is InChI=1S/C13H18BrNO2/c1-8-7-11(14)5-6-12(8)15-10(3)9(2)13(16)17-4/h5-7,9-10,15H,1-4H3. The molecule has 0 saturated carbocycles. The SMILES string of the molecule is COC(=O)C(C)C(C)Nc1ccc(Br)cc1C.